The number of nitrogens with one attached hydrogen (secondary N) is 1. The molecule has 0 aliphatic rings. The van der Waals surface area contributed by atoms with Gasteiger partial charge < -0.3 is 10.2 Å². The molecular formula is C18H21N5OS. The van der Waals surface area contributed by atoms with E-state index < -0.39 is 5.25 Å². The molecule has 1 unspecified atom stereocenters. The lowest BCUT2D eigenvalue weighted by Crippen LogP contribution is -2.23. The number of anilines is 2. The number of benzene rings is 1. The van der Waals surface area contributed by atoms with E-state index in [0.717, 1.165) is 11.4 Å². The molecule has 0 saturated carbocycles. The van der Waals surface area contributed by atoms with E-state index in [0.29, 0.717) is 22.1 Å². The van der Waals surface area contributed by atoms with Gasteiger partial charge in [-0.3, -0.25) is 4.79 Å². The molecule has 1 aromatic heterocycles. The number of hydrogen-bond acceptors (Lipinski definition) is 6. The Morgan fingerprint density at radius 2 is 1.88 bits per heavy atom. The van der Waals surface area contributed by atoms with Gasteiger partial charge in [0.1, 0.15) is 22.5 Å². The Balaban J connectivity index is 2.09. The molecule has 2 aromatic rings. The maximum atomic E-state index is 12.4. The second kappa shape index (κ2) is 7.99. The summed E-state index contributed by atoms with van der Waals surface area (Å²) in [6.07, 6.45) is 0. The van der Waals surface area contributed by atoms with Crippen molar-refractivity contribution in [2.24, 2.45) is 0 Å². The van der Waals surface area contributed by atoms with Crippen LogP contribution in [0.4, 0.5) is 11.4 Å². The number of nitrogens with zero attached hydrogens (tertiary/aromatic N) is 4. The number of hydrogen-bond donors (Lipinski definition) is 1. The zero-order chi connectivity index (χ0) is 18.6. The van der Waals surface area contributed by atoms with Gasteiger partial charge in [-0.15, -0.1) is 0 Å². The molecule has 1 atom stereocenters. The van der Waals surface area contributed by atoms with Crippen molar-refractivity contribution in [3.05, 3.63) is 41.3 Å². The van der Waals surface area contributed by atoms with Crippen molar-refractivity contribution in [3.63, 3.8) is 0 Å². The number of amides is 1. The molecule has 0 radical (unpaired) electrons. The van der Waals surface area contributed by atoms with Crippen LogP contribution in [-0.4, -0.2) is 35.2 Å². The summed E-state index contributed by atoms with van der Waals surface area (Å²) in [4.78, 5) is 22.9. The van der Waals surface area contributed by atoms with E-state index in [9.17, 15) is 10.1 Å². The van der Waals surface area contributed by atoms with Crippen LogP contribution in [0.3, 0.4) is 0 Å². The lowest BCUT2D eigenvalue weighted by atomic mass is 10.2. The molecule has 6 nitrogen and oxygen atoms in total. The predicted octanol–water partition coefficient (Wildman–Crippen LogP) is 3.15. The SMILES string of the molecule is Cc1nc(C)c(C#N)c(SC(C)C(=O)Nc2ccc(N(C)C)cc2)n1. The molecule has 0 saturated heterocycles. The number of aromatic nitrogens is 2. The van der Waals surface area contributed by atoms with E-state index in [1.807, 2.05) is 43.3 Å². The molecule has 0 bridgehead atoms. The first kappa shape index (κ1) is 18.7. The van der Waals surface area contributed by atoms with Crippen molar-refractivity contribution in [2.45, 2.75) is 31.0 Å². The molecular weight excluding hydrogens is 334 g/mol. The Labute approximate surface area is 152 Å². The number of thioether (sulfide) groups is 1. The van der Waals surface area contributed by atoms with Crippen molar-refractivity contribution in [2.75, 3.05) is 24.3 Å². The van der Waals surface area contributed by atoms with Gasteiger partial charge >= 0.3 is 0 Å². The van der Waals surface area contributed by atoms with Gasteiger partial charge in [0.15, 0.2) is 0 Å². The minimum Gasteiger partial charge on any atom is -0.378 e. The van der Waals surface area contributed by atoms with E-state index in [1.165, 1.54) is 11.8 Å². The molecule has 1 heterocycles. The minimum absolute atomic E-state index is 0.139. The second-order valence-corrected chi connectivity index (χ2v) is 7.17. The fraction of sp³-hybridized carbons (Fsp3) is 0.333. The van der Waals surface area contributed by atoms with Crippen LogP contribution in [-0.2, 0) is 4.79 Å². The van der Waals surface area contributed by atoms with E-state index in [2.05, 4.69) is 21.4 Å². The highest BCUT2D eigenvalue weighted by atomic mass is 32.2. The molecule has 0 spiro atoms. The van der Waals surface area contributed by atoms with Gasteiger partial charge in [-0.05, 0) is 45.0 Å². The normalized spacial score (nSPS) is 11.5. The molecule has 1 aromatic carbocycles. The van der Waals surface area contributed by atoms with Crippen LogP contribution in [0.25, 0.3) is 0 Å². The number of aryl methyl sites for hydroxylation is 2. The van der Waals surface area contributed by atoms with Crippen molar-refractivity contribution in [1.29, 1.82) is 5.26 Å². The average molecular weight is 355 g/mol. The summed E-state index contributed by atoms with van der Waals surface area (Å²) in [6, 6.07) is 9.74. The summed E-state index contributed by atoms with van der Waals surface area (Å²) in [5.74, 6) is 0.450. The van der Waals surface area contributed by atoms with Crippen molar-refractivity contribution >= 4 is 29.0 Å². The van der Waals surface area contributed by atoms with Crippen molar-refractivity contribution in [1.82, 2.24) is 9.97 Å². The van der Waals surface area contributed by atoms with Gasteiger partial charge in [-0.1, -0.05) is 11.8 Å². The first-order valence-electron chi connectivity index (χ1n) is 7.82. The zero-order valence-corrected chi connectivity index (χ0v) is 15.8. The maximum absolute atomic E-state index is 12.4. The highest BCUT2D eigenvalue weighted by molar-refractivity contribution is 8.00. The summed E-state index contributed by atoms with van der Waals surface area (Å²) in [6.45, 7) is 5.34. The lowest BCUT2D eigenvalue weighted by Gasteiger charge is -2.15. The third kappa shape index (κ3) is 4.70. The van der Waals surface area contributed by atoms with Crippen LogP contribution >= 0.6 is 11.8 Å². The third-order valence-corrected chi connectivity index (χ3v) is 4.68. The molecule has 1 amide bonds. The predicted molar refractivity (Wildman–Crippen MR) is 101 cm³/mol. The van der Waals surface area contributed by atoms with Gasteiger partial charge in [0.05, 0.1) is 10.9 Å². The van der Waals surface area contributed by atoms with Crippen molar-refractivity contribution < 1.29 is 4.79 Å². The van der Waals surface area contributed by atoms with Gasteiger partial charge in [0.25, 0.3) is 0 Å². The van der Waals surface area contributed by atoms with E-state index in [-0.39, 0.29) is 5.91 Å². The molecule has 7 heteroatoms. The van der Waals surface area contributed by atoms with Crippen molar-refractivity contribution in [3.8, 4) is 6.07 Å². The van der Waals surface area contributed by atoms with E-state index in [4.69, 9.17) is 0 Å². The first-order chi connectivity index (χ1) is 11.8. The molecule has 0 aliphatic carbocycles. The monoisotopic (exact) mass is 355 g/mol. The first-order valence-corrected chi connectivity index (χ1v) is 8.70. The number of carbonyl (C=O) groups is 1. The van der Waals surface area contributed by atoms with Crippen LogP contribution < -0.4 is 10.2 Å². The standard InChI is InChI=1S/C18H21N5OS/c1-11-16(10-19)18(21-13(3)20-11)25-12(2)17(24)22-14-6-8-15(9-7-14)23(4)5/h6-9,12H,1-5H3,(H,22,24). The van der Waals surface area contributed by atoms with Crippen LogP contribution in [0.15, 0.2) is 29.3 Å². The fourth-order valence-corrected chi connectivity index (χ4v) is 3.20. The molecule has 0 aliphatic heterocycles. The Hall–Kier alpha value is -2.59. The number of carbonyl (C=O) groups excluding carboxylic acids is 1. The minimum atomic E-state index is -0.394. The number of rotatable bonds is 5. The van der Waals surface area contributed by atoms with Crippen LogP contribution in [0.2, 0.25) is 0 Å². The van der Waals surface area contributed by atoms with Crippen LogP contribution in [0.5, 0.6) is 0 Å². The Bertz CT molecular complexity index is 811. The van der Waals surface area contributed by atoms with E-state index >= 15 is 0 Å². The lowest BCUT2D eigenvalue weighted by molar-refractivity contribution is -0.115. The average Bonchev–Trinajstić information content (AvgIpc) is 2.54. The second-order valence-electron chi connectivity index (χ2n) is 5.84. The maximum Gasteiger partial charge on any atom is 0.237 e. The highest BCUT2D eigenvalue weighted by Gasteiger charge is 2.19. The quantitative estimate of drug-likeness (QED) is 0.655. The Morgan fingerprint density at radius 1 is 1.24 bits per heavy atom. The molecule has 1 N–H and O–H groups in total. The smallest absolute Gasteiger partial charge is 0.237 e. The molecule has 0 fully saturated rings. The summed E-state index contributed by atoms with van der Waals surface area (Å²) >= 11 is 1.26. The van der Waals surface area contributed by atoms with Crippen LogP contribution in [0, 0.1) is 25.2 Å². The van der Waals surface area contributed by atoms with Gasteiger partial charge in [-0.2, -0.15) is 5.26 Å². The molecule has 25 heavy (non-hydrogen) atoms. The summed E-state index contributed by atoms with van der Waals surface area (Å²) < 4.78 is 0. The van der Waals surface area contributed by atoms with Gasteiger partial charge in [-0.25, -0.2) is 9.97 Å². The Morgan fingerprint density at radius 3 is 2.44 bits per heavy atom. The van der Waals surface area contributed by atoms with E-state index in [1.54, 1.807) is 20.8 Å². The van der Waals surface area contributed by atoms with Gasteiger partial charge in [0.2, 0.25) is 5.91 Å². The zero-order valence-electron chi connectivity index (χ0n) is 15.0. The number of nitriles is 1. The van der Waals surface area contributed by atoms with Crippen LogP contribution in [0.1, 0.15) is 24.0 Å². The molecule has 2 rings (SSSR count). The summed E-state index contributed by atoms with van der Waals surface area (Å²) in [5, 5.41) is 12.3. The fourth-order valence-electron chi connectivity index (χ4n) is 2.20. The van der Waals surface area contributed by atoms with Gasteiger partial charge in [0, 0.05) is 25.5 Å². The largest absolute Gasteiger partial charge is 0.378 e. The molecule has 130 valence electrons. The Kier molecular flexibility index (Phi) is 5.99. The topological polar surface area (TPSA) is 81.9 Å². The third-order valence-electron chi connectivity index (χ3n) is 3.59. The highest BCUT2D eigenvalue weighted by Crippen LogP contribution is 2.27. The summed E-state index contributed by atoms with van der Waals surface area (Å²) in [5.41, 5.74) is 2.85. The summed E-state index contributed by atoms with van der Waals surface area (Å²) in [7, 11) is 3.93.